The average molecular weight is 197 g/mol. The summed E-state index contributed by atoms with van der Waals surface area (Å²) in [7, 11) is 0. The van der Waals surface area contributed by atoms with Gasteiger partial charge in [-0.15, -0.1) is 0 Å². The van der Waals surface area contributed by atoms with Crippen LogP contribution >= 0.6 is 0 Å². The molecule has 1 saturated heterocycles. The molecule has 0 aromatic carbocycles. The van der Waals surface area contributed by atoms with Gasteiger partial charge in [0.15, 0.2) is 0 Å². The number of nitrogens with one attached hydrogen (secondary N) is 1. The van der Waals surface area contributed by atoms with Crippen molar-refractivity contribution in [1.29, 1.82) is 0 Å². The molecule has 1 fully saturated rings. The SMILES string of the molecule is O=c1ncn(C2CCOCC2)c(=O)[nH]1. The van der Waals surface area contributed by atoms with E-state index in [9.17, 15) is 9.59 Å². The summed E-state index contributed by atoms with van der Waals surface area (Å²) in [6.45, 7) is 1.30. The van der Waals surface area contributed by atoms with Crippen LogP contribution in [0.25, 0.3) is 0 Å². The first-order valence-corrected chi connectivity index (χ1v) is 4.52. The van der Waals surface area contributed by atoms with Crippen LogP contribution in [0.2, 0.25) is 0 Å². The van der Waals surface area contributed by atoms with Crippen LogP contribution in [0, 0.1) is 0 Å². The molecule has 0 spiro atoms. The zero-order chi connectivity index (χ0) is 9.97. The second-order valence-corrected chi connectivity index (χ2v) is 3.23. The maximum absolute atomic E-state index is 11.4. The number of ether oxygens (including phenoxy) is 1. The Morgan fingerprint density at radius 1 is 1.43 bits per heavy atom. The molecular formula is C8H11N3O3. The zero-order valence-corrected chi connectivity index (χ0v) is 7.60. The Hall–Kier alpha value is -1.43. The molecule has 0 unspecified atom stereocenters. The van der Waals surface area contributed by atoms with Crippen LogP contribution in [0.15, 0.2) is 15.9 Å². The molecular weight excluding hydrogens is 186 g/mol. The Labute approximate surface area is 79.6 Å². The van der Waals surface area contributed by atoms with Gasteiger partial charge in [-0.25, -0.2) is 9.59 Å². The van der Waals surface area contributed by atoms with Crippen LogP contribution in [0.3, 0.4) is 0 Å². The van der Waals surface area contributed by atoms with E-state index in [1.54, 1.807) is 0 Å². The van der Waals surface area contributed by atoms with E-state index in [-0.39, 0.29) is 6.04 Å². The molecule has 6 heteroatoms. The Bertz CT molecular complexity index is 416. The lowest BCUT2D eigenvalue weighted by Gasteiger charge is -2.22. The fourth-order valence-corrected chi connectivity index (χ4v) is 1.58. The third-order valence-electron chi connectivity index (χ3n) is 2.33. The van der Waals surface area contributed by atoms with E-state index in [4.69, 9.17) is 4.74 Å². The third kappa shape index (κ3) is 1.74. The molecule has 6 nitrogen and oxygen atoms in total. The van der Waals surface area contributed by atoms with Crippen molar-refractivity contribution in [3.63, 3.8) is 0 Å². The van der Waals surface area contributed by atoms with Crippen LogP contribution in [-0.2, 0) is 4.74 Å². The molecule has 14 heavy (non-hydrogen) atoms. The molecule has 0 atom stereocenters. The van der Waals surface area contributed by atoms with Gasteiger partial charge in [0, 0.05) is 19.3 Å². The summed E-state index contributed by atoms with van der Waals surface area (Å²) >= 11 is 0. The lowest BCUT2D eigenvalue weighted by molar-refractivity contribution is 0.0679. The molecule has 0 amide bonds. The summed E-state index contributed by atoms with van der Waals surface area (Å²) in [6.07, 6.45) is 2.87. The highest BCUT2D eigenvalue weighted by Gasteiger charge is 2.16. The van der Waals surface area contributed by atoms with Crippen LogP contribution in [0.1, 0.15) is 18.9 Å². The fourth-order valence-electron chi connectivity index (χ4n) is 1.58. The molecule has 0 saturated carbocycles. The topological polar surface area (TPSA) is 77.0 Å². The maximum atomic E-state index is 11.4. The van der Waals surface area contributed by atoms with Gasteiger partial charge >= 0.3 is 11.4 Å². The Kier molecular flexibility index (Phi) is 2.45. The molecule has 1 aliphatic rings. The highest BCUT2D eigenvalue weighted by atomic mass is 16.5. The quantitative estimate of drug-likeness (QED) is 0.644. The minimum Gasteiger partial charge on any atom is -0.381 e. The zero-order valence-electron chi connectivity index (χ0n) is 7.60. The average Bonchev–Trinajstić information content (AvgIpc) is 2.19. The molecule has 1 N–H and O–H groups in total. The van der Waals surface area contributed by atoms with Gasteiger partial charge in [0.2, 0.25) is 0 Å². The van der Waals surface area contributed by atoms with Gasteiger partial charge in [-0.2, -0.15) is 4.98 Å². The van der Waals surface area contributed by atoms with Gasteiger partial charge in [-0.1, -0.05) is 0 Å². The highest BCUT2D eigenvalue weighted by molar-refractivity contribution is 4.77. The number of nitrogens with zero attached hydrogens (tertiary/aromatic N) is 2. The molecule has 2 heterocycles. The van der Waals surface area contributed by atoms with Crippen molar-refractivity contribution in [2.24, 2.45) is 0 Å². The van der Waals surface area contributed by atoms with Gasteiger partial charge in [0.25, 0.3) is 0 Å². The fraction of sp³-hybridized carbons (Fsp3) is 0.625. The minimum absolute atomic E-state index is 0.0978. The van der Waals surface area contributed by atoms with Gasteiger partial charge in [-0.3, -0.25) is 9.55 Å². The monoisotopic (exact) mass is 197 g/mol. The van der Waals surface area contributed by atoms with Gasteiger partial charge < -0.3 is 4.74 Å². The minimum atomic E-state index is -0.599. The number of H-pyrrole nitrogens is 1. The summed E-state index contributed by atoms with van der Waals surface area (Å²) in [6, 6.07) is 0.0978. The van der Waals surface area contributed by atoms with Crippen LogP contribution in [-0.4, -0.2) is 27.7 Å². The number of aromatic nitrogens is 3. The van der Waals surface area contributed by atoms with E-state index in [1.165, 1.54) is 10.9 Å². The number of hydrogen-bond acceptors (Lipinski definition) is 4. The van der Waals surface area contributed by atoms with E-state index < -0.39 is 11.4 Å². The van der Waals surface area contributed by atoms with Gasteiger partial charge in [0.05, 0.1) is 0 Å². The van der Waals surface area contributed by atoms with Crippen LogP contribution in [0.4, 0.5) is 0 Å². The summed E-state index contributed by atoms with van der Waals surface area (Å²) < 4.78 is 6.64. The molecule has 1 aromatic rings. The number of aromatic amines is 1. The van der Waals surface area contributed by atoms with E-state index in [2.05, 4.69) is 9.97 Å². The predicted molar refractivity (Wildman–Crippen MR) is 48.2 cm³/mol. The second kappa shape index (κ2) is 3.75. The molecule has 1 aliphatic heterocycles. The van der Waals surface area contributed by atoms with Crippen molar-refractivity contribution in [1.82, 2.24) is 14.5 Å². The van der Waals surface area contributed by atoms with E-state index in [0.29, 0.717) is 13.2 Å². The predicted octanol–water partition coefficient (Wildman–Crippen LogP) is -0.717. The van der Waals surface area contributed by atoms with Crippen molar-refractivity contribution in [2.75, 3.05) is 13.2 Å². The van der Waals surface area contributed by atoms with E-state index in [1.807, 2.05) is 0 Å². The first kappa shape index (κ1) is 9.14. The van der Waals surface area contributed by atoms with Gasteiger partial charge in [-0.05, 0) is 12.8 Å². The first-order valence-electron chi connectivity index (χ1n) is 4.52. The highest BCUT2D eigenvalue weighted by Crippen LogP contribution is 2.17. The maximum Gasteiger partial charge on any atom is 0.350 e. The molecule has 2 rings (SSSR count). The standard InChI is InChI=1S/C8H11N3O3/c12-7-9-5-11(8(13)10-7)6-1-3-14-4-2-6/h5-6H,1-4H2,(H,10,12,13). The van der Waals surface area contributed by atoms with Gasteiger partial charge in [0.1, 0.15) is 6.33 Å². The van der Waals surface area contributed by atoms with E-state index in [0.717, 1.165) is 12.8 Å². The summed E-state index contributed by atoms with van der Waals surface area (Å²) in [5.74, 6) is 0. The molecule has 0 radical (unpaired) electrons. The Balaban J connectivity index is 2.31. The first-order chi connectivity index (χ1) is 6.77. The van der Waals surface area contributed by atoms with Crippen LogP contribution in [0.5, 0.6) is 0 Å². The van der Waals surface area contributed by atoms with E-state index >= 15 is 0 Å². The number of hydrogen-bond donors (Lipinski definition) is 1. The molecule has 0 bridgehead atoms. The van der Waals surface area contributed by atoms with Crippen molar-refractivity contribution < 1.29 is 4.74 Å². The lowest BCUT2D eigenvalue weighted by Crippen LogP contribution is -2.35. The number of rotatable bonds is 1. The largest absolute Gasteiger partial charge is 0.381 e. The molecule has 1 aromatic heterocycles. The summed E-state index contributed by atoms with van der Waals surface area (Å²) in [4.78, 5) is 27.7. The summed E-state index contributed by atoms with van der Waals surface area (Å²) in [5.41, 5.74) is -0.991. The third-order valence-corrected chi connectivity index (χ3v) is 2.33. The lowest BCUT2D eigenvalue weighted by atomic mass is 10.1. The summed E-state index contributed by atoms with van der Waals surface area (Å²) in [5, 5.41) is 0. The van der Waals surface area contributed by atoms with Crippen molar-refractivity contribution in [3.8, 4) is 0 Å². The Morgan fingerprint density at radius 2 is 2.14 bits per heavy atom. The smallest absolute Gasteiger partial charge is 0.350 e. The second-order valence-electron chi connectivity index (χ2n) is 3.23. The van der Waals surface area contributed by atoms with Crippen molar-refractivity contribution in [3.05, 3.63) is 27.3 Å². The van der Waals surface area contributed by atoms with Crippen molar-refractivity contribution >= 4 is 0 Å². The molecule has 76 valence electrons. The molecule has 0 aliphatic carbocycles. The van der Waals surface area contributed by atoms with Crippen LogP contribution < -0.4 is 11.4 Å². The normalized spacial score (nSPS) is 18.3. The Morgan fingerprint density at radius 3 is 2.79 bits per heavy atom. The van der Waals surface area contributed by atoms with Crippen molar-refractivity contribution in [2.45, 2.75) is 18.9 Å².